The molecule has 4 heterocycles. The van der Waals surface area contributed by atoms with Gasteiger partial charge in [0.05, 0.1) is 10.5 Å². The van der Waals surface area contributed by atoms with E-state index >= 15 is 4.39 Å². The lowest BCUT2D eigenvalue weighted by Crippen LogP contribution is -2.60. The number of hydrogen-bond donors (Lipinski definition) is 0. The predicted molar refractivity (Wildman–Crippen MR) is 167 cm³/mol. The van der Waals surface area contributed by atoms with Gasteiger partial charge in [-0.25, -0.2) is 13.6 Å². The number of hydrogen-bond acceptors (Lipinski definition) is 6. The second-order valence-corrected chi connectivity index (χ2v) is 14.2. The van der Waals surface area contributed by atoms with Gasteiger partial charge in [0.25, 0.3) is 0 Å². The molecule has 2 atom stereocenters. The Hall–Kier alpha value is -2.95. The predicted octanol–water partition coefficient (Wildman–Crippen LogP) is 5.49. The molecule has 2 aromatic carbocycles. The van der Waals surface area contributed by atoms with Crippen LogP contribution in [-0.2, 0) is 11.3 Å². The van der Waals surface area contributed by atoms with Crippen LogP contribution in [0.3, 0.4) is 0 Å². The fourth-order valence-corrected chi connectivity index (χ4v) is 9.11. The van der Waals surface area contributed by atoms with Gasteiger partial charge in [-0.2, -0.15) is 4.98 Å². The van der Waals surface area contributed by atoms with E-state index in [2.05, 4.69) is 16.4 Å². The van der Waals surface area contributed by atoms with Gasteiger partial charge in [-0.1, -0.05) is 18.2 Å². The normalized spacial score (nSPS) is 23.4. The summed E-state index contributed by atoms with van der Waals surface area (Å²) in [4.78, 5) is 38.4. The Morgan fingerprint density at radius 2 is 1.81 bits per heavy atom. The van der Waals surface area contributed by atoms with E-state index < -0.39 is 11.6 Å². The standard InChI is InChI=1S/C32H34ClF2N5O2S/c1-5-26(41)40-18(3)11-37(12-19(40)4)30-22-8-17(2)27(21-9-23(33)25(35)10-24(21)34)29-28(22)39(31(42)36-30)15-32(16-43-29)13-38(14-32)20-6-7-20/h5,8-10,18-20H,1,6-7,11-16H2,2-4H3/t18-,19+. The third-order valence-electron chi connectivity index (χ3n) is 9.48. The number of nitrogens with zero attached hydrogens (tertiary/aromatic N) is 5. The highest BCUT2D eigenvalue weighted by atomic mass is 35.5. The zero-order valence-corrected chi connectivity index (χ0v) is 26.1. The highest BCUT2D eigenvalue weighted by molar-refractivity contribution is 7.99. The molecule has 0 N–H and O–H groups in total. The topological polar surface area (TPSA) is 61.7 Å². The molecule has 3 fully saturated rings. The van der Waals surface area contributed by atoms with Crippen LogP contribution in [0.2, 0.25) is 5.02 Å². The number of aryl methyl sites for hydroxylation is 1. The van der Waals surface area contributed by atoms with E-state index in [0.717, 1.165) is 46.3 Å². The lowest BCUT2D eigenvalue weighted by Gasteiger charge is -2.50. The molecule has 1 spiro atoms. The van der Waals surface area contributed by atoms with Crippen molar-refractivity contribution in [3.05, 3.63) is 63.6 Å². The number of likely N-dealkylation sites (tertiary alicyclic amines) is 1. The van der Waals surface area contributed by atoms with E-state index in [0.29, 0.717) is 37.1 Å². The number of piperazine rings is 1. The summed E-state index contributed by atoms with van der Waals surface area (Å²) in [5.74, 6) is -0.292. The minimum absolute atomic E-state index is 0.101. The van der Waals surface area contributed by atoms with E-state index in [-0.39, 0.29) is 39.7 Å². The van der Waals surface area contributed by atoms with Crippen molar-refractivity contribution in [2.24, 2.45) is 5.41 Å². The summed E-state index contributed by atoms with van der Waals surface area (Å²) < 4.78 is 31.4. The molecule has 0 bridgehead atoms. The number of aromatic nitrogens is 2. The fraction of sp³-hybridized carbons (Fsp3) is 0.469. The first-order valence-corrected chi connectivity index (χ1v) is 16.2. The van der Waals surface area contributed by atoms with Crippen molar-refractivity contribution >= 4 is 46.0 Å². The molecule has 1 amide bonds. The van der Waals surface area contributed by atoms with Gasteiger partial charge in [0.2, 0.25) is 5.91 Å². The molecule has 3 aliphatic heterocycles. The van der Waals surface area contributed by atoms with Crippen molar-refractivity contribution < 1.29 is 13.6 Å². The van der Waals surface area contributed by atoms with E-state index in [9.17, 15) is 14.0 Å². The molecule has 1 aliphatic carbocycles. The van der Waals surface area contributed by atoms with Crippen molar-refractivity contribution in [1.29, 1.82) is 0 Å². The molecule has 2 saturated heterocycles. The summed E-state index contributed by atoms with van der Waals surface area (Å²) in [5.41, 5.74) is 1.92. The van der Waals surface area contributed by atoms with Crippen LogP contribution >= 0.6 is 23.4 Å². The van der Waals surface area contributed by atoms with Gasteiger partial charge in [-0.15, -0.1) is 11.8 Å². The molecule has 0 unspecified atom stereocenters. The monoisotopic (exact) mass is 625 g/mol. The van der Waals surface area contributed by atoms with Crippen molar-refractivity contribution in [3.63, 3.8) is 0 Å². The van der Waals surface area contributed by atoms with Gasteiger partial charge in [-0.3, -0.25) is 14.3 Å². The molecular formula is C32H34ClF2N5O2S. The van der Waals surface area contributed by atoms with Crippen LogP contribution in [0, 0.1) is 24.0 Å². The zero-order chi connectivity index (χ0) is 30.4. The Kier molecular flexibility index (Phi) is 6.91. The summed E-state index contributed by atoms with van der Waals surface area (Å²) >= 11 is 7.82. The Labute approximate surface area is 258 Å². The smallest absolute Gasteiger partial charge is 0.350 e. The number of rotatable bonds is 4. The fourth-order valence-electron chi connectivity index (χ4n) is 7.45. The molecular weight excluding hydrogens is 592 g/mol. The number of halogens is 3. The van der Waals surface area contributed by atoms with E-state index in [1.54, 1.807) is 16.3 Å². The van der Waals surface area contributed by atoms with Crippen molar-refractivity contribution in [1.82, 2.24) is 19.4 Å². The molecule has 0 radical (unpaired) electrons. The van der Waals surface area contributed by atoms with Gasteiger partial charge in [-0.05, 0) is 57.4 Å². The summed E-state index contributed by atoms with van der Waals surface area (Å²) in [6.07, 6.45) is 3.78. The van der Waals surface area contributed by atoms with Crippen molar-refractivity contribution in [2.75, 3.05) is 36.8 Å². The molecule has 226 valence electrons. The molecule has 7 rings (SSSR count). The van der Waals surface area contributed by atoms with Crippen LogP contribution in [0.1, 0.15) is 32.3 Å². The average Bonchev–Trinajstić information content (AvgIpc) is 3.78. The SMILES string of the molecule is C=CC(=O)N1[C@H](C)CN(c2nc(=O)n3c4c(c(-c5cc(Cl)c(F)cc5F)c(C)cc24)SCC2(CN(C4CC4)C2)C3)C[C@@H]1C. The molecule has 1 saturated carbocycles. The van der Waals surface area contributed by atoms with Crippen molar-refractivity contribution in [2.45, 2.75) is 63.2 Å². The Balaban J connectivity index is 1.41. The maximum atomic E-state index is 15.4. The van der Waals surface area contributed by atoms with Gasteiger partial charge in [0, 0.05) is 89.5 Å². The van der Waals surface area contributed by atoms with Crippen molar-refractivity contribution in [3.8, 4) is 11.1 Å². The number of benzene rings is 2. The van der Waals surface area contributed by atoms with Gasteiger partial charge < -0.3 is 9.80 Å². The highest BCUT2D eigenvalue weighted by Gasteiger charge is 2.50. The van der Waals surface area contributed by atoms with E-state index in [4.69, 9.17) is 16.6 Å². The van der Waals surface area contributed by atoms with Crippen LogP contribution in [0.25, 0.3) is 22.0 Å². The van der Waals surface area contributed by atoms with Gasteiger partial charge in [0.1, 0.15) is 17.5 Å². The Morgan fingerprint density at radius 1 is 1.12 bits per heavy atom. The van der Waals surface area contributed by atoms with Crippen LogP contribution < -0.4 is 10.6 Å². The first kappa shape index (κ1) is 28.8. The van der Waals surface area contributed by atoms with Crippen LogP contribution in [0.4, 0.5) is 14.6 Å². The lowest BCUT2D eigenvalue weighted by atomic mass is 9.81. The average molecular weight is 626 g/mol. The minimum atomic E-state index is -0.811. The molecule has 4 aliphatic rings. The zero-order valence-electron chi connectivity index (χ0n) is 24.5. The number of thioether (sulfide) groups is 1. The van der Waals surface area contributed by atoms with E-state index in [1.165, 1.54) is 25.0 Å². The molecule has 7 nitrogen and oxygen atoms in total. The second kappa shape index (κ2) is 10.3. The molecule has 3 aromatic rings. The maximum Gasteiger partial charge on any atom is 0.350 e. The number of amides is 1. The molecule has 43 heavy (non-hydrogen) atoms. The third kappa shape index (κ3) is 4.68. The van der Waals surface area contributed by atoms with Gasteiger partial charge >= 0.3 is 5.69 Å². The summed E-state index contributed by atoms with van der Waals surface area (Å²) in [5, 5.41) is 0.662. The third-order valence-corrected chi connectivity index (χ3v) is 11.2. The quantitative estimate of drug-likeness (QED) is 0.283. The first-order valence-electron chi connectivity index (χ1n) is 14.8. The lowest BCUT2D eigenvalue weighted by molar-refractivity contribution is -0.130. The minimum Gasteiger partial charge on any atom is -0.352 e. The summed E-state index contributed by atoms with van der Waals surface area (Å²) in [7, 11) is 0. The number of carbonyl (C=O) groups is 1. The van der Waals surface area contributed by atoms with Crippen LogP contribution in [-0.4, -0.2) is 75.3 Å². The highest BCUT2D eigenvalue weighted by Crippen LogP contribution is 2.50. The number of carbonyl (C=O) groups excluding carboxylic acids is 1. The maximum absolute atomic E-state index is 15.4. The Morgan fingerprint density at radius 3 is 2.47 bits per heavy atom. The van der Waals surface area contributed by atoms with E-state index in [1.807, 2.05) is 31.7 Å². The van der Waals surface area contributed by atoms with Gasteiger partial charge in [0.15, 0.2) is 0 Å². The molecule has 11 heteroatoms. The van der Waals surface area contributed by atoms with Crippen LogP contribution in [0.15, 0.2) is 40.5 Å². The molecule has 1 aromatic heterocycles. The largest absolute Gasteiger partial charge is 0.352 e. The second-order valence-electron chi connectivity index (χ2n) is 12.8. The first-order chi connectivity index (χ1) is 20.5. The summed E-state index contributed by atoms with van der Waals surface area (Å²) in [6.45, 7) is 12.9. The Bertz CT molecular complexity index is 1740. The van der Waals surface area contributed by atoms with Crippen LogP contribution in [0.5, 0.6) is 0 Å². The number of anilines is 1. The summed E-state index contributed by atoms with van der Waals surface area (Å²) in [6, 6.07) is 4.53.